The zero-order valence-electron chi connectivity index (χ0n) is 9.17. The number of nitrogens with zero attached hydrogens (tertiary/aromatic N) is 1. The van der Waals surface area contributed by atoms with Crippen molar-refractivity contribution in [3.63, 3.8) is 0 Å². The molecule has 0 aliphatic heterocycles. The minimum Gasteiger partial charge on any atom is -0.325 e. The monoisotopic (exact) mass is 226 g/mol. The Bertz CT molecular complexity index is 364. The van der Waals surface area contributed by atoms with Crippen molar-refractivity contribution in [3.8, 4) is 0 Å². The van der Waals surface area contributed by atoms with Crippen LogP contribution in [0.2, 0.25) is 5.02 Å². The Balaban J connectivity index is 2.71. The maximum Gasteiger partial charge on any atom is 0.238 e. The number of nitrogens with one attached hydrogen (secondary N) is 1. The van der Waals surface area contributed by atoms with Gasteiger partial charge in [-0.05, 0) is 38.7 Å². The molecule has 1 amide bonds. The Labute approximate surface area is 95.0 Å². The van der Waals surface area contributed by atoms with E-state index in [9.17, 15) is 4.79 Å². The molecule has 0 saturated heterocycles. The highest BCUT2D eigenvalue weighted by Gasteiger charge is 2.05. The highest BCUT2D eigenvalue weighted by Crippen LogP contribution is 2.19. The molecular formula is C11H15ClN2O. The van der Waals surface area contributed by atoms with Crippen LogP contribution in [0.25, 0.3) is 0 Å². The van der Waals surface area contributed by atoms with E-state index in [0.717, 1.165) is 11.3 Å². The molecule has 1 rings (SSSR count). The van der Waals surface area contributed by atoms with Gasteiger partial charge in [0.1, 0.15) is 0 Å². The molecular weight excluding hydrogens is 212 g/mol. The first kappa shape index (κ1) is 12.0. The molecule has 0 aliphatic carbocycles. The number of carbonyl (C=O) groups excluding carboxylic acids is 1. The van der Waals surface area contributed by atoms with Gasteiger partial charge < -0.3 is 10.2 Å². The third kappa shape index (κ3) is 3.90. The Hall–Kier alpha value is -1.06. The Morgan fingerprint density at radius 2 is 2.13 bits per heavy atom. The first-order chi connectivity index (χ1) is 6.99. The molecule has 0 atom stereocenters. The zero-order valence-corrected chi connectivity index (χ0v) is 9.93. The van der Waals surface area contributed by atoms with Crippen LogP contribution in [-0.4, -0.2) is 31.4 Å². The third-order valence-corrected chi connectivity index (χ3v) is 2.17. The summed E-state index contributed by atoms with van der Waals surface area (Å²) in [5.74, 6) is -0.0367. The van der Waals surface area contributed by atoms with Crippen molar-refractivity contribution < 1.29 is 4.79 Å². The molecule has 0 unspecified atom stereocenters. The van der Waals surface area contributed by atoms with Gasteiger partial charge in [0.15, 0.2) is 0 Å². The van der Waals surface area contributed by atoms with Crippen molar-refractivity contribution in [3.05, 3.63) is 28.8 Å². The fraction of sp³-hybridized carbons (Fsp3) is 0.364. The summed E-state index contributed by atoms with van der Waals surface area (Å²) in [6.07, 6.45) is 0. The maximum atomic E-state index is 11.5. The van der Waals surface area contributed by atoms with Gasteiger partial charge in [-0.3, -0.25) is 4.79 Å². The van der Waals surface area contributed by atoms with Crippen LogP contribution in [0, 0.1) is 6.92 Å². The first-order valence-electron chi connectivity index (χ1n) is 4.70. The number of hydrogen-bond acceptors (Lipinski definition) is 2. The van der Waals surface area contributed by atoms with Gasteiger partial charge in [-0.15, -0.1) is 0 Å². The van der Waals surface area contributed by atoms with Gasteiger partial charge in [-0.1, -0.05) is 17.7 Å². The second-order valence-electron chi connectivity index (χ2n) is 3.75. The van der Waals surface area contributed by atoms with Gasteiger partial charge >= 0.3 is 0 Å². The lowest BCUT2D eigenvalue weighted by molar-refractivity contribution is -0.116. The number of anilines is 1. The Kier molecular flexibility index (Phi) is 4.12. The molecule has 1 aromatic rings. The number of hydrogen-bond donors (Lipinski definition) is 1. The molecule has 1 N–H and O–H groups in total. The molecule has 0 saturated carbocycles. The second kappa shape index (κ2) is 5.14. The van der Waals surface area contributed by atoms with Crippen LogP contribution in [0.1, 0.15) is 5.56 Å². The van der Waals surface area contributed by atoms with Crippen LogP contribution in [0.5, 0.6) is 0 Å². The number of amides is 1. The van der Waals surface area contributed by atoms with Crippen LogP contribution in [0.3, 0.4) is 0 Å². The lowest BCUT2D eigenvalue weighted by Crippen LogP contribution is -2.27. The normalized spacial score (nSPS) is 10.5. The zero-order chi connectivity index (χ0) is 11.4. The van der Waals surface area contributed by atoms with Crippen LogP contribution < -0.4 is 5.32 Å². The second-order valence-corrected chi connectivity index (χ2v) is 4.18. The number of rotatable bonds is 3. The predicted molar refractivity (Wildman–Crippen MR) is 63.4 cm³/mol. The van der Waals surface area contributed by atoms with E-state index in [4.69, 9.17) is 11.6 Å². The standard InChI is InChI=1S/C11H15ClN2O/c1-8-4-5-9(12)6-10(8)13-11(15)7-14(2)3/h4-6H,7H2,1-3H3,(H,13,15). The third-order valence-electron chi connectivity index (χ3n) is 1.93. The molecule has 3 nitrogen and oxygen atoms in total. The van der Waals surface area contributed by atoms with Crippen LogP contribution >= 0.6 is 11.6 Å². The van der Waals surface area contributed by atoms with Crippen molar-refractivity contribution in [2.45, 2.75) is 6.92 Å². The lowest BCUT2D eigenvalue weighted by atomic mass is 10.2. The highest BCUT2D eigenvalue weighted by atomic mass is 35.5. The molecule has 15 heavy (non-hydrogen) atoms. The first-order valence-corrected chi connectivity index (χ1v) is 5.07. The Morgan fingerprint density at radius 1 is 1.47 bits per heavy atom. The molecule has 0 fully saturated rings. The van der Waals surface area contributed by atoms with E-state index in [0.29, 0.717) is 11.6 Å². The van der Waals surface area contributed by atoms with Crippen LogP contribution in [0.15, 0.2) is 18.2 Å². The number of likely N-dealkylation sites (N-methyl/N-ethyl adjacent to an activating group) is 1. The Morgan fingerprint density at radius 3 is 2.73 bits per heavy atom. The quantitative estimate of drug-likeness (QED) is 0.857. The summed E-state index contributed by atoms with van der Waals surface area (Å²) < 4.78 is 0. The average molecular weight is 227 g/mol. The fourth-order valence-corrected chi connectivity index (χ4v) is 1.38. The maximum absolute atomic E-state index is 11.5. The molecule has 0 heterocycles. The van der Waals surface area contributed by atoms with Crippen LogP contribution in [-0.2, 0) is 4.79 Å². The van der Waals surface area contributed by atoms with E-state index >= 15 is 0 Å². The summed E-state index contributed by atoms with van der Waals surface area (Å²) in [6, 6.07) is 5.44. The summed E-state index contributed by atoms with van der Waals surface area (Å²) in [7, 11) is 3.70. The minimum atomic E-state index is -0.0367. The molecule has 0 radical (unpaired) electrons. The summed E-state index contributed by atoms with van der Waals surface area (Å²) >= 11 is 5.84. The van der Waals surface area contributed by atoms with Gasteiger partial charge in [0.25, 0.3) is 0 Å². The summed E-state index contributed by atoms with van der Waals surface area (Å²) in [5, 5.41) is 3.44. The summed E-state index contributed by atoms with van der Waals surface area (Å²) in [5.41, 5.74) is 1.78. The SMILES string of the molecule is Cc1ccc(Cl)cc1NC(=O)CN(C)C. The van der Waals surface area contributed by atoms with Gasteiger partial charge in [-0.2, -0.15) is 0 Å². The number of halogens is 1. The lowest BCUT2D eigenvalue weighted by Gasteiger charge is -2.11. The van der Waals surface area contributed by atoms with Crippen molar-refractivity contribution in [1.29, 1.82) is 0 Å². The molecule has 0 bridgehead atoms. The summed E-state index contributed by atoms with van der Waals surface area (Å²) in [6.45, 7) is 2.30. The molecule has 4 heteroatoms. The number of aryl methyl sites for hydroxylation is 1. The van der Waals surface area contributed by atoms with E-state index in [2.05, 4.69) is 5.32 Å². The van der Waals surface area contributed by atoms with Gasteiger partial charge in [0.2, 0.25) is 5.91 Å². The van der Waals surface area contributed by atoms with Crippen LogP contribution in [0.4, 0.5) is 5.69 Å². The topological polar surface area (TPSA) is 32.3 Å². The van der Waals surface area contributed by atoms with Crippen molar-refractivity contribution in [2.24, 2.45) is 0 Å². The molecule has 82 valence electrons. The average Bonchev–Trinajstić information content (AvgIpc) is 2.10. The van der Waals surface area contributed by atoms with Crippen molar-refractivity contribution in [2.75, 3.05) is 26.0 Å². The predicted octanol–water partition coefficient (Wildman–Crippen LogP) is 2.15. The largest absolute Gasteiger partial charge is 0.325 e. The fourth-order valence-electron chi connectivity index (χ4n) is 1.21. The number of carbonyl (C=O) groups is 1. The van der Waals surface area contributed by atoms with Crippen molar-refractivity contribution >= 4 is 23.2 Å². The smallest absolute Gasteiger partial charge is 0.238 e. The molecule has 0 aromatic heterocycles. The van der Waals surface area contributed by atoms with Gasteiger partial charge in [0, 0.05) is 10.7 Å². The van der Waals surface area contributed by atoms with Gasteiger partial charge in [0.05, 0.1) is 6.54 Å². The van der Waals surface area contributed by atoms with E-state index in [1.54, 1.807) is 12.1 Å². The van der Waals surface area contributed by atoms with Crippen molar-refractivity contribution in [1.82, 2.24) is 4.90 Å². The molecule has 1 aromatic carbocycles. The minimum absolute atomic E-state index is 0.0367. The van der Waals surface area contributed by atoms with E-state index in [1.165, 1.54) is 0 Å². The number of benzene rings is 1. The van der Waals surface area contributed by atoms with Gasteiger partial charge in [-0.25, -0.2) is 0 Å². The molecule has 0 spiro atoms. The summed E-state index contributed by atoms with van der Waals surface area (Å²) in [4.78, 5) is 13.3. The van der Waals surface area contributed by atoms with E-state index in [-0.39, 0.29) is 5.91 Å². The van der Waals surface area contributed by atoms with E-state index in [1.807, 2.05) is 32.0 Å². The van der Waals surface area contributed by atoms with E-state index < -0.39 is 0 Å². The molecule has 0 aliphatic rings. The highest BCUT2D eigenvalue weighted by molar-refractivity contribution is 6.31.